The van der Waals surface area contributed by atoms with Gasteiger partial charge < -0.3 is 9.47 Å². The number of fused-ring (bicyclic) bond motifs is 7. The molecular weight excluding hydrogens is 901 g/mol. The number of benzene rings is 12. The zero-order valence-electron chi connectivity index (χ0n) is 39.9. The van der Waals surface area contributed by atoms with Crippen LogP contribution in [0.1, 0.15) is 0 Å². The molecule has 0 saturated carbocycles. The van der Waals surface area contributed by atoms with E-state index >= 15 is 0 Å². The summed E-state index contributed by atoms with van der Waals surface area (Å²) in [5, 5.41) is 7.67. The summed E-state index contributed by atoms with van der Waals surface area (Å²) < 4.78 is 5.03. The van der Waals surface area contributed by atoms with E-state index < -0.39 is 0 Å². The molecule has 2 nitrogen and oxygen atoms in total. The Hall–Kier alpha value is -9.28. The number of para-hydroxylation sites is 2. The van der Waals surface area contributed by atoms with Gasteiger partial charge in [-0.15, -0.1) is 11.3 Å². The van der Waals surface area contributed by atoms with Crippen molar-refractivity contribution in [2.24, 2.45) is 0 Å². The summed E-state index contributed by atoms with van der Waals surface area (Å²) in [5.41, 5.74) is 18.8. The molecule has 0 spiro atoms. The molecule has 0 aliphatic heterocycles. The number of rotatable bonds is 9. The number of thiophene rings is 1. The molecule has 0 atom stereocenters. The molecule has 0 bridgehead atoms. The molecule has 2 aromatic heterocycles. The van der Waals surface area contributed by atoms with Crippen molar-refractivity contribution in [3.63, 3.8) is 0 Å². The topological polar surface area (TPSA) is 8.17 Å². The summed E-state index contributed by atoms with van der Waals surface area (Å²) in [6.07, 6.45) is 0. The van der Waals surface area contributed by atoms with Gasteiger partial charge in [-0.1, -0.05) is 188 Å². The van der Waals surface area contributed by atoms with Gasteiger partial charge in [0.2, 0.25) is 0 Å². The molecule has 12 aromatic carbocycles. The maximum Gasteiger partial charge on any atom is 0.0541 e. The lowest BCUT2D eigenvalue weighted by Gasteiger charge is -2.26. The van der Waals surface area contributed by atoms with Crippen LogP contribution in [-0.4, -0.2) is 4.57 Å². The minimum Gasteiger partial charge on any atom is -0.311 e. The average Bonchev–Trinajstić information content (AvgIpc) is 4.01. The van der Waals surface area contributed by atoms with Crippen molar-refractivity contribution in [2.75, 3.05) is 4.90 Å². The molecule has 0 N–H and O–H groups in total. The van der Waals surface area contributed by atoms with Crippen LogP contribution in [0.25, 0.3) is 114 Å². The highest BCUT2D eigenvalue weighted by Crippen LogP contribution is 2.41. The number of hydrogen-bond acceptors (Lipinski definition) is 2. The molecule has 3 heteroatoms. The minimum absolute atomic E-state index is 1.09. The molecule has 0 saturated heterocycles. The van der Waals surface area contributed by atoms with E-state index in [1.807, 2.05) is 11.3 Å². The molecule has 14 aromatic rings. The molecule has 0 radical (unpaired) electrons. The predicted octanol–water partition coefficient (Wildman–Crippen LogP) is 20.1. The number of hydrogen-bond donors (Lipinski definition) is 0. The number of anilines is 3. The summed E-state index contributed by atoms with van der Waals surface area (Å²) in [4.78, 5) is 2.37. The van der Waals surface area contributed by atoms with E-state index in [4.69, 9.17) is 0 Å². The van der Waals surface area contributed by atoms with Crippen LogP contribution in [0.4, 0.5) is 17.1 Å². The Morgan fingerprint density at radius 2 is 0.658 bits per heavy atom. The van der Waals surface area contributed by atoms with Crippen LogP contribution in [0.15, 0.2) is 279 Å². The molecule has 2 heterocycles. The first-order chi connectivity index (χ1) is 36.1. The maximum atomic E-state index is 2.39. The second-order valence-electron chi connectivity index (χ2n) is 18.9. The van der Waals surface area contributed by atoms with Crippen molar-refractivity contribution in [2.45, 2.75) is 0 Å². The third-order valence-corrected chi connectivity index (χ3v) is 15.8. The van der Waals surface area contributed by atoms with Crippen LogP contribution < -0.4 is 4.90 Å². The fourth-order valence-electron chi connectivity index (χ4n) is 10.9. The van der Waals surface area contributed by atoms with Crippen molar-refractivity contribution in [3.05, 3.63) is 279 Å². The highest BCUT2D eigenvalue weighted by molar-refractivity contribution is 7.25. The van der Waals surface area contributed by atoms with Gasteiger partial charge in [0, 0.05) is 53.7 Å². The number of aromatic nitrogens is 1. The quantitative estimate of drug-likeness (QED) is 0.140. The van der Waals surface area contributed by atoms with Gasteiger partial charge in [0.15, 0.2) is 0 Å². The van der Waals surface area contributed by atoms with E-state index in [0.29, 0.717) is 0 Å². The van der Waals surface area contributed by atoms with E-state index in [-0.39, 0.29) is 0 Å². The van der Waals surface area contributed by atoms with Crippen LogP contribution in [-0.2, 0) is 0 Å². The maximum absolute atomic E-state index is 2.39. The van der Waals surface area contributed by atoms with E-state index in [1.54, 1.807) is 0 Å². The van der Waals surface area contributed by atoms with E-state index in [2.05, 4.69) is 289 Å². The molecule has 14 rings (SSSR count). The molecule has 0 fully saturated rings. The summed E-state index contributed by atoms with van der Waals surface area (Å²) in [6, 6.07) is 102. The lowest BCUT2D eigenvalue weighted by Crippen LogP contribution is -2.09. The highest BCUT2D eigenvalue weighted by Gasteiger charge is 2.17. The van der Waals surface area contributed by atoms with Gasteiger partial charge in [-0.25, -0.2) is 0 Å². The molecule has 0 unspecified atom stereocenters. The second kappa shape index (κ2) is 17.8. The summed E-state index contributed by atoms with van der Waals surface area (Å²) in [6.45, 7) is 0. The first-order valence-corrected chi connectivity index (χ1v) is 25.8. The van der Waals surface area contributed by atoms with Crippen molar-refractivity contribution >= 4 is 81.1 Å². The Bertz CT molecular complexity index is 4300. The van der Waals surface area contributed by atoms with Crippen molar-refractivity contribution in [1.29, 1.82) is 0 Å². The average molecular weight is 947 g/mol. The van der Waals surface area contributed by atoms with Crippen LogP contribution in [0.2, 0.25) is 0 Å². The third-order valence-electron chi connectivity index (χ3n) is 14.6. The van der Waals surface area contributed by atoms with E-state index in [9.17, 15) is 0 Å². The van der Waals surface area contributed by atoms with Gasteiger partial charge in [0.1, 0.15) is 0 Å². The third kappa shape index (κ3) is 7.75. The van der Waals surface area contributed by atoms with E-state index in [1.165, 1.54) is 103 Å². The summed E-state index contributed by atoms with van der Waals surface area (Å²) in [5.74, 6) is 0. The van der Waals surface area contributed by atoms with Gasteiger partial charge in [0.05, 0.1) is 11.0 Å². The summed E-state index contributed by atoms with van der Waals surface area (Å²) >= 11 is 1.86. The predicted molar refractivity (Wildman–Crippen MR) is 313 cm³/mol. The Morgan fingerprint density at radius 3 is 1.27 bits per heavy atom. The largest absolute Gasteiger partial charge is 0.311 e. The molecule has 0 aliphatic rings. The fraction of sp³-hybridized carbons (Fsp3) is 0. The van der Waals surface area contributed by atoms with Crippen LogP contribution in [0, 0.1) is 0 Å². The second-order valence-corrected chi connectivity index (χ2v) is 20.0. The zero-order chi connectivity index (χ0) is 48.2. The Balaban J connectivity index is 0.787. The van der Waals surface area contributed by atoms with Crippen LogP contribution in [0.3, 0.4) is 0 Å². The highest BCUT2D eigenvalue weighted by atomic mass is 32.1. The standard InChI is InChI=1S/C70H46N2S/c1-2-12-53-44-57(28-27-47(53)11-1)55-14-9-13-54(43-55)50-25-23-48(24-26-50)49-29-36-59(37-30-49)71(61-40-33-52(34-41-61)58-35-42-70-66(46-58)65-19-5-8-22-69(65)73-70)60-38-31-51(32-39-60)56-15-10-16-62(45-56)72-67-20-6-3-17-63(67)64-18-4-7-21-68(64)72/h1-46H. The normalized spacial score (nSPS) is 11.6. The van der Waals surface area contributed by atoms with Gasteiger partial charge >= 0.3 is 0 Å². The molecule has 0 amide bonds. The van der Waals surface area contributed by atoms with E-state index in [0.717, 1.165) is 28.3 Å². The Labute approximate surface area is 428 Å². The van der Waals surface area contributed by atoms with Gasteiger partial charge in [-0.2, -0.15) is 0 Å². The van der Waals surface area contributed by atoms with Crippen molar-refractivity contribution in [1.82, 2.24) is 4.57 Å². The zero-order valence-corrected chi connectivity index (χ0v) is 40.7. The number of nitrogens with zero attached hydrogens (tertiary/aromatic N) is 2. The first kappa shape index (κ1) is 42.6. The fourth-order valence-corrected chi connectivity index (χ4v) is 12.0. The van der Waals surface area contributed by atoms with Crippen LogP contribution >= 0.6 is 11.3 Å². The lowest BCUT2D eigenvalue weighted by atomic mass is 9.96. The summed E-state index contributed by atoms with van der Waals surface area (Å²) in [7, 11) is 0. The van der Waals surface area contributed by atoms with Crippen molar-refractivity contribution < 1.29 is 0 Å². The van der Waals surface area contributed by atoms with Gasteiger partial charge in [-0.3, -0.25) is 0 Å². The SMILES string of the molecule is c1cc(-c2ccc(-c3ccc(N(c4ccc(-c5cccc(-n6c7ccccc7c7ccccc76)c5)cc4)c4ccc(-c5ccc6sc7ccccc7c6c5)cc4)cc3)cc2)cc(-c2ccc3ccccc3c2)c1. The monoisotopic (exact) mass is 946 g/mol. The molecule has 0 aliphatic carbocycles. The van der Waals surface area contributed by atoms with Crippen molar-refractivity contribution in [3.8, 4) is 61.3 Å². The first-order valence-electron chi connectivity index (χ1n) is 25.0. The smallest absolute Gasteiger partial charge is 0.0541 e. The molecule has 73 heavy (non-hydrogen) atoms. The lowest BCUT2D eigenvalue weighted by molar-refractivity contribution is 1.18. The minimum atomic E-state index is 1.09. The van der Waals surface area contributed by atoms with Gasteiger partial charge in [0.25, 0.3) is 0 Å². The molecule has 342 valence electrons. The Morgan fingerprint density at radius 1 is 0.247 bits per heavy atom. The van der Waals surface area contributed by atoms with Gasteiger partial charge in [-0.05, 0) is 157 Å². The Kier molecular flexibility index (Phi) is 10.4. The molecular formula is C70H46N2S. The van der Waals surface area contributed by atoms with Crippen LogP contribution in [0.5, 0.6) is 0 Å².